The number of hydrogen-bond acceptors (Lipinski definition) is 3. The van der Waals surface area contributed by atoms with Crippen LogP contribution in [0.25, 0.3) is 0 Å². The Labute approximate surface area is 90.3 Å². The summed E-state index contributed by atoms with van der Waals surface area (Å²) in [4.78, 5) is 8.25. The second-order valence-corrected chi connectivity index (χ2v) is 4.81. The molecule has 1 saturated heterocycles. The molecule has 80 valence electrons. The Morgan fingerprint density at radius 2 is 2.00 bits per heavy atom. The molecule has 1 aliphatic carbocycles. The first kappa shape index (κ1) is 9.28. The van der Waals surface area contributed by atoms with E-state index in [9.17, 15) is 0 Å². The van der Waals surface area contributed by atoms with E-state index >= 15 is 0 Å². The lowest BCUT2D eigenvalue weighted by Gasteiger charge is -2.41. The maximum Gasteiger partial charge on any atom is 0.115 e. The van der Waals surface area contributed by atoms with E-state index in [1.54, 1.807) is 6.33 Å². The third-order valence-corrected chi connectivity index (χ3v) is 3.93. The minimum Gasteiger partial charge on any atom is -0.313 e. The summed E-state index contributed by atoms with van der Waals surface area (Å²) in [6.45, 7) is 1.19. The summed E-state index contributed by atoms with van der Waals surface area (Å²) in [7, 11) is 0. The molecule has 1 aromatic rings. The van der Waals surface area contributed by atoms with Crippen LogP contribution in [0.3, 0.4) is 0 Å². The smallest absolute Gasteiger partial charge is 0.115 e. The normalized spacial score (nSPS) is 35.1. The summed E-state index contributed by atoms with van der Waals surface area (Å²) in [5.74, 6) is 1.61. The molecular formula is C12H17N3. The molecule has 15 heavy (non-hydrogen) atoms. The second-order valence-electron chi connectivity index (χ2n) is 4.81. The predicted molar refractivity (Wildman–Crippen MR) is 58.5 cm³/mol. The van der Waals surface area contributed by atoms with Crippen molar-refractivity contribution in [3.05, 3.63) is 24.3 Å². The highest BCUT2D eigenvalue weighted by atomic mass is 14.9. The number of nitrogens with zero attached hydrogens (tertiary/aromatic N) is 2. The van der Waals surface area contributed by atoms with Gasteiger partial charge < -0.3 is 5.32 Å². The van der Waals surface area contributed by atoms with Crippen molar-refractivity contribution in [2.75, 3.05) is 6.54 Å². The van der Waals surface area contributed by atoms with Crippen LogP contribution in [0.2, 0.25) is 0 Å². The van der Waals surface area contributed by atoms with E-state index in [0.717, 1.165) is 5.92 Å². The summed E-state index contributed by atoms with van der Waals surface area (Å²) in [5.41, 5.74) is 1.32. The van der Waals surface area contributed by atoms with Gasteiger partial charge in [-0.25, -0.2) is 9.97 Å². The molecule has 1 N–H and O–H groups in total. The van der Waals surface area contributed by atoms with Crippen molar-refractivity contribution < 1.29 is 0 Å². The molecule has 2 heterocycles. The van der Waals surface area contributed by atoms with Crippen molar-refractivity contribution in [1.29, 1.82) is 0 Å². The third-order valence-electron chi connectivity index (χ3n) is 3.93. The quantitative estimate of drug-likeness (QED) is 0.755. The second kappa shape index (κ2) is 3.89. The molecule has 0 radical (unpaired) electrons. The van der Waals surface area contributed by atoms with Gasteiger partial charge in [0.2, 0.25) is 0 Å². The van der Waals surface area contributed by atoms with Crippen LogP contribution in [0.5, 0.6) is 0 Å². The Balaban J connectivity index is 1.81. The van der Waals surface area contributed by atoms with Crippen LogP contribution >= 0.6 is 0 Å². The molecule has 2 fully saturated rings. The zero-order valence-electron chi connectivity index (χ0n) is 8.89. The number of hydrogen-bond donors (Lipinski definition) is 1. The molecule has 3 heteroatoms. The topological polar surface area (TPSA) is 37.8 Å². The number of nitrogens with one attached hydrogen (secondary N) is 1. The highest BCUT2D eigenvalue weighted by Gasteiger charge is 2.33. The van der Waals surface area contributed by atoms with Gasteiger partial charge in [0.25, 0.3) is 0 Å². The SMILES string of the molecule is c1ncc(C2CCC3CCNC2C3)cn1. The van der Waals surface area contributed by atoms with Crippen molar-refractivity contribution in [1.82, 2.24) is 15.3 Å². The third kappa shape index (κ3) is 1.76. The van der Waals surface area contributed by atoms with E-state index in [-0.39, 0.29) is 0 Å². The first-order chi connectivity index (χ1) is 7.43. The predicted octanol–water partition coefficient (Wildman–Crippen LogP) is 1.72. The van der Waals surface area contributed by atoms with Crippen molar-refractivity contribution in [2.24, 2.45) is 5.92 Å². The molecule has 2 aliphatic rings. The van der Waals surface area contributed by atoms with Crippen LogP contribution in [-0.4, -0.2) is 22.6 Å². The van der Waals surface area contributed by atoms with Gasteiger partial charge in [-0.15, -0.1) is 0 Å². The number of rotatable bonds is 1. The summed E-state index contributed by atoms with van der Waals surface area (Å²) in [6, 6.07) is 0.670. The van der Waals surface area contributed by atoms with Crippen LogP contribution in [0, 0.1) is 5.92 Å². The van der Waals surface area contributed by atoms with E-state index in [0.29, 0.717) is 12.0 Å². The Bertz CT molecular complexity index is 325. The van der Waals surface area contributed by atoms with E-state index in [1.165, 1.54) is 37.8 Å². The number of piperidine rings is 1. The summed E-state index contributed by atoms with van der Waals surface area (Å²) in [6.07, 6.45) is 11.0. The zero-order chi connectivity index (χ0) is 10.1. The van der Waals surface area contributed by atoms with Crippen molar-refractivity contribution in [3.63, 3.8) is 0 Å². The first-order valence-corrected chi connectivity index (χ1v) is 5.92. The van der Waals surface area contributed by atoms with Gasteiger partial charge in [-0.2, -0.15) is 0 Å². The lowest BCUT2D eigenvalue weighted by Crippen LogP contribution is -2.45. The molecule has 2 bridgehead atoms. The highest BCUT2D eigenvalue weighted by Crippen LogP contribution is 2.38. The van der Waals surface area contributed by atoms with Gasteiger partial charge in [0.15, 0.2) is 0 Å². The number of aromatic nitrogens is 2. The fraction of sp³-hybridized carbons (Fsp3) is 0.667. The van der Waals surface area contributed by atoms with Crippen molar-refractivity contribution >= 4 is 0 Å². The monoisotopic (exact) mass is 203 g/mol. The van der Waals surface area contributed by atoms with Gasteiger partial charge in [0.1, 0.15) is 6.33 Å². The van der Waals surface area contributed by atoms with E-state index < -0.39 is 0 Å². The number of fused-ring (bicyclic) bond motifs is 2. The average molecular weight is 203 g/mol. The Morgan fingerprint density at radius 1 is 1.13 bits per heavy atom. The van der Waals surface area contributed by atoms with Crippen molar-refractivity contribution in [2.45, 2.75) is 37.6 Å². The fourth-order valence-corrected chi connectivity index (χ4v) is 3.12. The Kier molecular flexibility index (Phi) is 2.41. The zero-order valence-corrected chi connectivity index (χ0v) is 8.89. The standard InChI is InChI=1S/C12H17N3/c1-2-11(10-6-13-8-14-7-10)12-5-9(1)3-4-15-12/h6-9,11-12,15H,1-5H2. The molecular weight excluding hydrogens is 186 g/mol. The van der Waals surface area contributed by atoms with Crippen molar-refractivity contribution in [3.8, 4) is 0 Å². The maximum atomic E-state index is 4.13. The molecule has 0 spiro atoms. The van der Waals surface area contributed by atoms with Gasteiger partial charge in [0.05, 0.1) is 0 Å². The van der Waals surface area contributed by atoms with E-state index in [2.05, 4.69) is 15.3 Å². The maximum absolute atomic E-state index is 4.13. The van der Waals surface area contributed by atoms with Crippen LogP contribution < -0.4 is 5.32 Å². The summed E-state index contributed by atoms with van der Waals surface area (Å²) in [5, 5.41) is 3.64. The van der Waals surface area contributed by atoms with E-state index in [1.807, 2.05) is 12.4 Å². The Hall–Kier alpha value is -0.960. The molecule has 3 nitrogen and oxygen atoms in total. The molecule has 1 aliphatic heterocycles. The molecule has 3 rings (SSSR count). The fourth-order valence-electron chi connectivity index (χ4n) is 3.12. The molecule has 3 atom stereocenters. The molecule has 3 unspecified atom stereocenters. The molecule has 1 saturated carbocycles. The lowest BCUT2D eigenvalue weighted by atomic mass is 9.72. The largest absolute Gasteiger partial charge is 0.313 e. The highest BCUT2D eigenvalue weighted by molar-refractivity contribution is 5.15. The molecule has 0 amide bonds. The Morgan fingerprint density at radius 3 is 2.87 bits per heavy atom. The van der Waals surface area contributed by atoms with Gasteiger partial charge in [0, 0.05) is 24.4 Å². The van der Waals surface area contributed by atoms with E-state index in [4.69, 9.17) is 0 Å². The van der Waals surface area contributed by atoms with Gasteiger partial charge in [-0.1, -0.05) is 0 Å². The first-order valence-electron chi connectivity index (χ1n) is 5.92. The van der Waals surface area contributed by atoms with Gasteiger partial charge in [-0.05, 0) is 43.7 Å². The van der Waals surface area contributed by atoms with Gasteiger partial charge >= 0.3 is 0 Å². The molecule has 0 aromatic carbocycles. The lowest BCUT2D eigenvalue weighted by molar-refractivity contribution is 0.198. The summed E-state index contributed by atoms with van der Waals surface area (Å²) < 4.78 is 0. The minimum atomic E-state index is 0.641. The molecule has 1 aromatic heterocycles. The van der Waals surface area contributed by atoms with Crippen LogP contribution in [0.1, 0.15) is 37.2 Å². The average Bonchev–Trinajstić information content (AvgIpc) is 2.31. The summed E-state index contributed by atoms with van der Waals surface area (Å²) >= 11 is 0. The van der Waals surface area contributed by atoms with Crippen LogP contribution in [0.4, 0.5) is 0 Å². The van der Waals surface area contributed by atoms with Crippen LogP contribution in [0.15, 0.2) is 18.7 Å². The van der Waals surface area contributed by atoms with Gasteiger partial charge in [-0.3, -0.25) is 0 Å². The minimum absolute atomic E-state index is 0.641. The van der Waals surface area contributed by atoms with Crippen LogP contribution in [-0.2, 0) is 0 Å².